The highest BCUT2D eigenvalue weighted by atomic mass is 32.1. The van der Waals surface area contributed by atoms with Gasteiger partial charge < -0.3 is 10.6 Å². The number of halogens is 1. The van der Waals surface area contributed by atoms with Gasteiger partial charge in [-0.1, -0.05) is 6.07 Å². The summed E-state index contributed by atoms with van der Waals surface area (Å²) in [6, 6.07) is 18.4. The molecule has 2 N–H and O–H groups in total. The fraction of sp³-hybridized carbons (Fsp3) is 0.0455. The van der Waals surface area contributed by atoms with Gasteiger partial charge in [0.2, 0.25) is 0 Å². The molecule has 0 aliphatic rings. The van der Waals surface area contributed by atoms with Gasteiger partial charge in [0.25, 0.3) is 0 Å². The van der Waals surface area contributed by atoms with Gasteiger partial charge in [0.1, 0.15) is 10.8 Å². The Labute approximate surface area is 170 Å². The number of hydrogen-bond acceptors (Lipinski definition) is 4. The SMILES string of the molecule is Cc1ccc2nc(-c3ccc(NC(=O)C(=O)Nc4ccc(F)cc4)cc3)sc2c1. The minimum absolute atomic E-state index is 0.341. The highest BCUT2D eigenvalue weighted by Crippen LogP contribution is 2.31. The van der Waals surface area contributed by atoms with Gasteiger partial charge in [-0.25, -0.2) is 9.37 Å². The predicted octanol–water partition coefficient (Wildman–Crippen LogP) is 4.99. The van der Waals surface area contributed by atoms with Crippen LogP contribution < -0.4 is 10.6 Å². The van der Waals surface area contributed by atoms with Crippen LogP contribution in [0.15, 0.2) is 66.7 Å². The molecule has 144 valence electrons. The summed E-state index contributed by atoms with van der Waals surface area (Å²) in [6.07, 6.45) is 0. The van der Waals surface area contributed by atoms with Crippen LogP contribution in [0.1, 0.15) is 5.56 Å². The summed E-state index contributed by atoms with van der Waals surface area (Å²) in [5, 5.41) is 5.85. The van der Waals surface area contributed by atoms with Crippen molar-refractivity contribution in [2.75, 3.05) is 10.6 Å². The van der Waals surface area contributed by atoms with Crippen LogP contribution in [-0.4, -0.2) is 16.8 Å². The van der Waals surface area contributed by atoms with Gasteiger partial charge in [-0.05, 0) is 73.2 Å². The van der Waals surface area contributed by atoms with Gasteiger partial charge >= 0.3 is 11.8 Å². The first-order valence-electron chi connectivity index (χ1n) is 8.83. The highest BCUT2D eigenvalue weighted by molar-refractivity contribution is 7.21. The van der Waals surface area contributed by atoms with Gasteiger partial charge in [0.15, 0.2) is 0 Å². The van der Waals surface area contributed by atoms with E-state index in [-0.39, 0.29) is 0 Å². The lowest BCUT2D eigenvalue weighted by atomic mass is 10.2. The Kier molecular flexibility index (Phi) is 5.05. The molecule has 4 rings (SSSR count). The number of carbonyl (C=O) groups excluding carboxylic acids is 2. The molecule has 0 saturated carbocycles. The molecule has 2 amide bonds. The number of aromatic nitrogens is 1. The maximum atomic E-state index is 12.9. The van der Waals surface area contributed by atoms with E-state index in [0.717, 1.165) is 20.8 Å². The third-order valence-electron chi connectivity index (χ3n) is 4.24. The van der Waals surface area contributed by atoms with E-state index in [4.69, 9.17) is 0 Å². The normalized spacial score (nSPS) is 10.7. The molecule has 7 heteroatoms. The van der Waals surface area contributed by atoms with E-state index >= 15 is 0 Å². The number of benzene rings is 3. The molecule has 0 radical (unpaired) electrons. The van der Waals surface area contributed by atoms with Crippen molar-refractivity contribution in [2.24, 2.45) is 0 Å². The first kappa shape index (κ1) is 18.8. The molecule has 4 aromatic rings. The average molecular weight is 405 g/mol. The molecule has 0 unspecified atom stereocenters. The minimum atomic E-state index is -0.831. The molecule has 0 aliphatic carbocycles. The zero-order valence-electron chi connectivity index (χ0n) is 15.4. The molecule has 29 heavy (non-hydrogen) atoms. The summed E-state index contributed by atoms with van der Waals surface area (Å²) in [4.78, 5) is 28.7. The molecule has 0 spiro atoms. The van der Waals surface area contributed by atoms with Crippen LogP contribution in [-0.2, 0) is 9.59 Å². The number of nitrogens with one attached hydrogen (secondary N) is 2. The summed E-state index contributed by atoms with van der Waals surface area (Å²) in [5.74, 6) is -2.06. The second kappa shape index (κ2) is 7.81. The number of nitrogens with zero attached hydrogens (tertiary/aromatic N) is 1. The molecule has 0 saturated heterocycles. The Morgan fingerprint density at radius 2 is 1.45 bits per heavy atom. The van der Waals surface area contributed by atoms with Crippen LogP contribution in [0.5, 0.6) is 0 Å². The van der Waals surface area contributed by atoms with Gasteiger partial charge in [-0.2, -0.15) is 0 Å². The first-order chi connectivity index (χ1) is 14.0. The Balaban J connectivity index is 1.43. The topological polar surface area (TPSA) is 71.1 Å². The number of anilines is 2. The second-order valence-electron chi connectivity index (χ2n) is 6.48. The zero-order valence-corrected chi connectivity index (χ0v) is 16.2. The highest BCUT2D eigenvalue weighted by Gasteiger charge is 2.14. The number of carbonyl (C=O) groups is 2. The largest absolute Gasteiger partial charge is 0.318 e. The number of fused-ring (bicyclic) bond motifs is 1. The van der Waals surface area contributed by atoms with Crippen LogP contribution in [0, 0.1) is 12.7 Å². The number of amides is 2. The van der Waals surface area contributed by atoms with Crippen molar-refractivity contribution in [3.63, 3.8) is 0 Å². The quantitative estimate of drug-likeness (QED) is 0.472. The smallest absolute Gasteiger partial charge is 0.314 e. The standard InChI is InChI=1S/C22H16FN3O2S/c1-13-2-11-18-19(12-13)29-22(26-18)14-3-7-16(8-4-14)24-20(27)21(28)25-17-9-5-15(23)6-10-17/h2-12H,1H3,(H,24,27)(H,25,28). The van der Waals surface area contributed by atoms with Crippen LogP contribution in [0.4, 0.5) is 15.8 Å². The van der Waals surface area contributed by atoms with E-state index in [9.17, 15) is 14.0 Å². The molecular weight excluding hydrogens is 389 g/mol. The van der Waals surface area contributed by atoms with Gasteiger partial charge in [-0.3, -0.25) is 9.59 Å². The monoisotopic (exact) mass is 405 g/mol. The average Bonchev–Trinajstić information content (AvgIpc) is 3.13. The van der Waals surface area contributed by atoms with Crippen molar-refractivity contribution in [2.45, 2.75) is 6.92 Å². The Morgan fingerprint density at radius 3 is 2.07 bits per heavy atom. The van der Waals surface area contributed by atoms with Crippen molar-refractivity contribution < 1.29 is 14.0 Å². The maximum absolute atomic E-state index is 12.9. The molecule has 0 aliphatic heterocycles. The van der Waals surface area contributed by atoms with E-state index in [0.29, 0.717) is 11.4 Å². The van der Waals surface area contributed by atoms with Crippen molar-refractivity contribution in [1.82, 2.24) is 4.98 Å². The van der Waals surface area contributed by atoms with Crippen molar-refractivity contribution in [3.05, 3.63) is 78.1 Å². The fourth-order valence-corrected chi connectivity index (χ4v) is 3.83. The molecule has 0 bridgehead atoms. The summed E-state index contributed by atoms with van der Waals surface area (Å²) in [6.45, 7) is 2.04. The summed E-state index contributed by atoms with van der Waals surface area (Å²) < 4.78 is 14.0. The lowest BCUT2D eigenvalue weighted by Crippen LogP contribution is -2.29. The molecule has 0 atom stereocenters. The lowest BCUT2D eigenvalue weighted by molar-refractivity contribution is -0.132. The Hall–Kier alpha value is -3.58. The van der Waals surface area contributed by atoms with Crippen LogP contribution in [0.2, 0.25) is 0 Å². The van der Waals surface area contributed by atoms with Crippen molar-refractivity contribution >= 4 is 44.7 Å². The third kappa shape index (κ3) is 4.30. The first-order valence-corrected chi connectivity index (χ1v) is 9.65. The predicted molar refractivity (Wildman–Crippen MR) is 113 cm³/mol. The molecule has 0 fully saturated rings. The van der Waals surface area contributed by atoms with E-state index in [1.54, 1.807) is 23.5 Å². The molecule has 3 aromatic carbocycles. The van der Waals surface area contributed by atoms with E-state index in [1.807, 2.05) is 31.2 Å². The summed E-state index contributed by atoms with van der Waals surface area (Å²) in [7, 11) is 0. The second-order valence-corrected chi connectivity index (χ2v) is 7.51. The molecular formula is C22H16FN3O2S. The Morgan fingerprint density at radius 1 is 0.862 bits per heavy atom. The molecule has 1 aromatic heterocycles. The lowest BCUT2D eigenvalue weighted by Gasteiger charge is -2.07. The van der Waals surface area contributed by atoms with Crippen LogP contribution >= 0.6 is 11.3 Å². The molecule has 1 heterocycles. The van der Waals surface area contributed by atoms with Gasteiger partial charge in [-0.15, -0.1) is 11.3 Å². The third-order valence-corrected chi connectivity index (χ3v) is 5.31. The molecule has 5 nitrogen and oxygen atoms in total. The number of aryl methyl sites for hydroxylation is 1. The number of thiazole rings is 1. The van der Waals surface area contributed by atoms with Crippen LogP contribution in [0.25, 0.3) is 20.8 Å². The summed E-state index contributed by atoms with van der Waals surface area (Å²) >= 11 is 1.60. The van der Waals surface area contributed by atoms with E-state index in [2.05, 4.69) is 21.7 Å². The van der Waals surface area contributed by atoms with E-state index in [1.165, 1.54) is 29.8 Å². The van der Waals surface area contributed by atoms with Gasteiger partial charge in [0.05, 0.1) is 10.2 Å². The number of rotatable bonds is 3. The van der Waals surface area contributed by atoms with E-state index < -0.39 is 17.6 Å². The van der Waals surface area contributed by atoms with Crippen molar-refractivity contribution in [3.8, 4) is 10.6 Å². The van der Waals surface area contributed by atoms with Crippen LogP contribution in [0.3, 0.4) is 0 Å². The number of hydrogen-bond donors (Lipinski definition) is 2. The van der Waals surface area contributed by atoms with Crippen molar-refractivity contribution in [1.29, 1.82) is 0 Å². The fourth-order valence-electron chi connectivity index (χ4n) is 2.76. The minimum Gasteiger partial charge on any atom is -0.318 e. The zero-order chi connectivity index (χ0) is 20.4. The maximum Gasteiger partial charge on any atom is 0.314 e. The van der Waals surface area contributed by atoms with Gasteiger partial charge in [0, 0.05) is 16.9 Å². The summed E-state index contributed by atoms with van der Waals surface area (Å²) in [5.41, 5.74) is 3.89. The Bertz CT molecular complexity index is 1200.